The summed E-state index contributed by atoms with van der Waals surface area (Å²) in [6.07, 6.45) is 0. The minimum Gasteiger partial charge on any atom is -0.340 e. The standard InChI is InChI=1S/C16H15N3/c1-19-12-17-15(13-8-4-2-5-9-13)18-16(19)14-10-6-3-7-11-14/h2-11H,12H2,1H3. The van der Waals surface area contributed by atoms with E-state index in [9.17, 15) is 0 Å². The molecule has 0 saturated heterocycles. The Hall–Kier alpha value is -2.42. The Kier molecular flexibility index (Phi) is 3.11. The second-order valence-corrected chi connectivity index (χ2v) is 4.49. The van der Waals surface area contributed by atoms with Crippen molar-refractivity contribution in [1.82, 2.24) is 4.90 Å². The van der Waals surface area contributed by atoms with Gasteiger partial charge in [0.05, 0.1) is 0 Å². The minimum atomic E-state index is 0.637. The van der Waals surface area contributed by atoms with Gasteiger partial charge in [-0.3, -0.25) is 0 Å². The molecule has 2 aromatic carbocycles. The minimum absolute atomic E-state index is 0.637. The summed E-state index contributed by atoms with van der Waals surface area (Å²) in [5.41, 5.74) is 2.18. The van der Waals surface area contributed by atoms with Crippen molar-refractivity contribution in [3.05, 3.63) is 71.8 Å². The average Bonchev–Trinajstić information content (AvgIpc) is 2.49. The summed E-state index contributed by atoms with van der Waals surface area (Å²) >= 11 is 0. The number of rotatable bonds is 2. The molecule has 0 spiro atoms. The van der Waals surface area contributed by atoms with Gasteiger partial charge in [0.15, 0.2) is 5.84 Å². The summed E-state index contributed by atoms with van der Waals surface area (Å²) in [5, 5.41) is 0. The average molecular weight is 249 g/mol. The first kappa shape index (κ1) is 11.7. The lowest BCUT2D eigenvalue weighted by molar-refractivity contribution is 0.517. The monoisotopic (exact) mass is 249 g/mol. The zero-order valence-corrected chi connectivity index (χ0v) is 10.8. The van der Waals surface area contributed by atoms with E-state index in [0.29, 0.717) is 6.67 Å². The zero-order valence-electron chi connectivity index (χ0n) is 10.8. The molecular weight excluding hydrogens is 234 g/mol. The van der Waals surface area contributed by atoms with E-state index in [0.717, 1.165) is 22.8 Å². The molecule has 19 heavy (non-hydrogen) atoms. The quantitative estimate of drug-likeness (QED) is 0.804. The molecule has 1 aliphatic heterocycles. The molecule has 0 saturated carbocycles. The zero-order chi connectivity index (χ0) is 13.1. The maximum Gasteiger partial charge on any atom is 0.158 e. The van der Waals surface area contributed by atoms with Crippen LogP contribution in [0, 0.1) is 0 Å². The SMILES string of the molecule is CN1CN=C(c2ccccc2)N=C1c1ccccc1. The van der Waals surface area contributed by atoms with Gasteiger partial charge in [-0.05, 0) is 0 Å². The van der Waals surface area contributed by atoms with Crippen LogP contribution in [0.2, 0.25) is 0 Å². The van der Waals surface area contributed by atoms with Crippen molar-refractivity contribution in [3.8, 4) is 0 Å². The third kappa shape index (κ3) is 2.40. The fourth-order valence-corrected chi connectivity index (χ4v) is 2.08. The number of amidine groups is 2. The molecule has 2 aromatic rings. The van der Waals surface area contributed by atoms with E-state index < -0.39 is 0 Å². The molecule has 94 valence electrons. The van der Waals surface area contributed by atoms with Gasteiger partial charge in [-0.2, -0.15) is 0 Å². The van der Waals surface area contributed by atoms with Gasteiger partial charge in [-0.1, -0.05) is 60.7 Å². The third-order valence-corrected chi connectivity index (χ3v) is 3.07. The number of nitrogens with zero attached hydrogens (tertiary/aromatic N) is 3. The first-order valence-corrected chi connectivity index (χ1v) is 6.30. The van der Waals surface area contributed by atoms with Crippen LogP contribution in [-0.4, -0.2) is 30.3 Å². The third-order valence-electron chi connectivity index (χ3n) is 3.07. The van der Waals surface area contributed by atoms with Gasteiger partial charge in [-0.15, -0.1) is 0 Å². The summed E-state index contributed by atoms with van der Waals surface area (Å²) in [5.74, 6) is 1.77. The predicted octanol–water partition coefficient (Wildman–Crippen LogP) is 2.78. The van der Waals surface area contributed by atoms with Crippen LogP contribution in [0.15, 0.2) is 70.6 Å². The molecule has 1 heterocycles. The molecule has 0 aromatic heterocycles. The second-order valence-electron chi connectivity index (χ2n) is 4.49. The van der Waals surface area contributed by atoms with E-state index in [4.69, 9.17) is 4.99 Å². The van der Waals surface area contributed by atoms with Crippen LogP contribution >= 0.6 is 0 Å². The highest BCUT2D eigenvalue weighted by molar-refractivity contribution is 6.12. The van der Waals surface area contributed by atoms with E-state index in [1.807, 2.05) is 55.6 Å². The summed E-state index contributed by atoms with van der Waals surface area (Å²) < 4.78 is 0. The molecule has 0 aliphatic carbocycles. The van der Waals surface area contributed by atoms with E-state index in [-0.39, 0.29) is 0 Å². The second kappa shape index (κ2) is 5.06. The highest BCUT2D eigenvalue weighted by Gasteiger charge is 2.15. The van der Waals surface area contributed by atoms with Gasteiger partial charge in [-0.25, -0.2) is 9.98 Å². The van der Waals surface area contributed by atoms with Crippen molar-refractivity contribution in [3.63, 3.8) is 0 Å². The predicted molar refractivity (Wildman–Crippen MR) is 78.6 cm³/mol. The molecular formula is C16H15N3. The lowest BCUT2D eigenvalue weighted by atomic mass is 10.1. The van der Waals surface area contributed by atoms with E-state index in [1.165, 1.54) is 0 Å². The molecule has 0 amide bonds. The van der Waals surface area contributed by atoms with E-state index in [2.05, 4.69) is 22.0 Å². The normalized spacial score (nSPS) is 14.9. The number of hydrogen-bond donors (Lipinski definition) is 0. The Balaban J connectivity index is 2.00. The molecule has 1 aliphatic rings. The van der Waals surface area contributed by atoms with Crippen LogP contribution in [0.25, 0.3) is 0 Å². The molecule has 0 radical (unpaired) electrons. The van der Waals surface area contributed by atoms with Crippen LogP contribution in [-0.2, 0) is 0 Å². The summed E-state index contributed by atoms with van der Waals surface area (Å²) in [7, 11) is 2.01. The number of hydrogen-bond acceptors (Lipinski definition) is 3. The highest BCUT2D eigenvalue weighted by atomic mass is 15.3. The van der Waals surface area contributed by atoms with Gasteiger partial charge < -0.3 is 4.90 Å². The van der Waals surface area contributed by atoms with E-state index in [1.54, 1.807) is 0 Å². The van der Waals surface area contributed by atoms with Crippen LogP contribution in [0.5, 0.6) is 0 Å². The Bertz CT molecular complexity index is 615. The van der Waals surface area contributed by atoms with Crippen LogP contribution in [0.1, 0.15) is 11.1 Å². The topological polar surface area (TPSA) is 28.0 Å². The van der Waals surface area contributed by atoms with E-state index >= 15 is 0 Å². The van der Waals surface area contributed by atoms with Crippen LogP contribution in [0.4, 0.5) is 0 Å². The fourth-order valence-electron chi connectivity index (χ4n) is 2.08. The fraction of sp³-hybridized carbons (Fsp3) is 0.125. The Morgan fingerprint density at radius 1 is 0.842 bits per heavy atom. The van der Waals surface area contributed by atoms with Crippen molar-refractivity contribution in [2.45, 2.75) is 0 Å². The Labute approximate surface area is 112 Å². The van der Waals surface area contributed by atoms with Gasteiger partial charge >= 0.3 is 0 Å². The summed E-state index contributed by atoms with van der Waals surface area (Å²) in [4.78, 5) is 11.3. The Morgan fingerprint density at radius 3 is 2.05 bits per heavy atom. The maximum atomic E-state index is 4.70. The van der Waals surface area contributed by atoms with Gasteiger partial charge in [0.25, 0.3) is 0 Å². The molecule has 0 bridgehead atoms. The van der Waals surface area contributed by atoms with Crippen molar-refractivity contribution < 1.29 is 0 Å². The lowest BCUT2D eigenvalue weighted by Crippen LogP contribution is -2.32. The number of benzene rings is 2. The van der Waals surface area contributed by atoms with Gasteiger partial charge in [0, 0.05) is 18.2 Å². The van der Waals surface area contributed by atoms with Crippen LogP contribution in [0.3, 0.4) is 0 Å². The maximum absolute atomic E-state index is 4.70. The molecule has 3 rings (SSSR count). The summed E-state index contributed by atoms with van der Waals surface area (Å²) in [6.45, 7) is 0.637. The Morgan fingerprint density at radius 2 is 1.42 bits per heavy atom. The van der Waals surface area contributed by atoms with Gasteiger partial charge in [0.1, 0.15) is 12.5 Å². The molecule has 3 nitrogen and oxygen atoms in total. The molecule has 0 N–H and O–H groups in total. The van der Waals surface area contributed by atoms with Crippen molar-refractivity contribution in [1.29, 1.82) is 0 Å². The molecule has 0 atom stereocenters. The lowest BCUT2D eigenvalue weighted by Gasteiger charge is -2.23. The first-order chi connectivity index (χ1) is 9.34. The highest BCUT2D eigenvalue weighted by Crippen LogP contribution is 2.12. The van der Waals surface area contributed by atoms with Gasteiger partial charge in [0.2, 0.25) is 0 Å². The number of aliphatic imine (C=N–C) groups is 2. The van der Waals surface area contributed by atoms with Crippen molar-refractivity contribution in [2.75, 3.05) is 13.7 Å². The molecule has 3 heteroatoms. The smallest absolute Gasteiger partial charge is 0.158 e. The first-order valence-electron chi connectivity index (χ1n) is 6.30. The molecule has 0 fully saturated rings. The van der Waals surface area contributed by atoms with Crippen molar-refractivity contribution in [2.24, 2.45) is 9.98 Å². The largest absolute Gasteiger partial charge is 0.340 e. The van der Waals surface area contributed by atoms with Crippen molar-refractivity contribution >= 4 is 11.7 Å². The summed E-state index contributed by atoms with van der Waals surface area (Å²) in [6, 6.07) is 20.3. The van der Waals surface area contributed by atoms with Crippen LogP contribution < -0.4 is 0 Å². The molecule has 0 unspecified atom stereocenters.